The molecule has 0 saturated heterocycles. The number of esters is 1. The fourth-order valence-corrected chi connectivity index (χ4v) is 9.76. The van der Waals surface area contributed by atoms with Crippen LogP contribution in [0.3, 0.4) is 0 Å². The summed E-state index contributed by atoms with van der Waals surface area (Å²) < 4.78 is 6.04. The highest BCUT2D eigenvalue weighted by Crippen LogP contribution is 2.62. The average Bonchev–Trinajstić information content (AvgIpc) is 3.01. The van der Waals surface area contributed by atoms with Gasteiger partial charge < -0.3 is 4.74 Å². The van der Waals surface area contributed by atoms with Gasteiger partial charge in [0.25, 0.3) is 0 Å². The molecule has 0 amide bonds. The van der Waals surface area contributed by atoms with Gasteiger partial charge in [0, 0.05) is 11.8 Å². The molecule has 44 heavy (non-hydrogen) atoms. The molecule has 0 aromatic heterocycles. The van der Waals surface area contributed by atoms with Crippen LogP contribution in [0.1, 0.15) is 208 Å². The van der Waals surface area contributed by atoms with Crippen molar-refractivity contribution in [1.29, 1.82) is 0 Å². The van der Waals surface area contributed by atoms with Gasteiger partial charge in [-0.2, -0.15) is 0 Å². The molecule has 0 N–H and O–H groups in total. The smallest absolute Gasteiger partial charge is 0.305 e. The van der Waals surface area contributed by atoms with E-state index in [2.05, 4.69) is 40.7 Å². The Morgan fingerprint density at radius 2 is 1.30 bits per heavy atom. The number of allylic oxidation sites excluding steroid dienone is 2. The fraction of sp³-hybridized carbons (Fsp3) is 0.929. The van der Waals surface area contributed by atoms with E-state index in [9.17, 15) is 4.79 Å². The van der Waals surface area contributed by atoms with Crippen LogP contribution >= 0.6 is 0 Å². The number of carbonyl (C=O) groups excluding carboxylic acids is 1. The highest BCUT2D eigenvalue weighted by Gasteiger charge is 2.55. The van der Waals surface area contributed by atoms with Crippen LogP contribution in [0.15, 0.2) is 11.6 Å². The highest BCUT2D eigenvalue weighted by molar-refractivity contribution is 5.69. The van der Waals surface area contributed by atoms with Crippen molar-refractivity contribution in [1.82, 2.24) is 0 Å². The Kier molecular flexibility index (Phi) is 17.5. The van der Waals surface area contributed by atoms with Crippen molar-refractivity contribution < 1.29 is 9.53 Å². The third-order valence-corrected chi connectivity index (χ3v) is 12.8. The first kappa shape index (κ1) is 37.7. The topological polar surface area (TPSA) is 26.3 Å². The van der Waals surface area contributed by atoms with E-state index in [-0.39, 0.29) is 11.4 Å². The minimum Gasteiger partial charge on any atom is -0.465 e. The number of hydrogen-bond acceptors (Lipinski definition) is 2. The molecule has 3 rings (SSSR count). The molecule has 2 heteroatoms. The van der Waals surface area contributed by atoms with Gasteiger partial charge in [-0.15, -0.1) is 0 Å². The largest absolute Gasteiger partial charge is 0.465 e. The van der Waals surface area contributed by atoms with Gasteiger partial charge in [0.05, 0.1) is 6.61 Å². The van der Waals surface area contributed by atoms with Crippen molar-refractivity contribution in [3.63, 3.8) is 0 Å². The standard InChI is InChI=1S/C42H76O2/c1-6-7-8-9-10-11-12-13-14-15-16-17-18-19-20-21-22-23-24-26-40(43)44-34-41(4)31-25-32-42(5)38-29-27-36(35(2)3)33-37(38)28-30-39(41)42/h28,35-36,38-39H,6-27,29-34H2,1-5H3/t36?,38-,39?,41-,42-/m1/s1. The monoisotopic (exact) mass is 613 g/mol. The molecule has 0 radical (unpaired) electrons. The Hall–Kier alpha value is -0.790. The lowest BCUT2D eigenvalue weighted by Gasteiger charge is -2.59. The summed E-state index contributed by atoms with van der Waals surface area (Å²) in [6.07, 6.45) is 38.7. The number of rotatable bonds is 23. The van der Waals surface area contributed by atoms with Gasteiger partial charge in [-0.1, -0.05) is 168 Å². The van der Waals surface area contributed by atoms with E-state index >= 15 is 0 Å². The predicted molar refractivity (Wildman–Crippen MR) is 191 cm³/mol. The lowest BCUT2D eigenvalue weighted by molar-refractivity contribution is -0.154. The van der Waals surface area contributed by atoms with E-state index in [0.29, 0.717) is 24.4 Å². The molecule has 0 aromatic carbocycles. The van der Waals surface area contributed by atoms with Gasteiger partial charge in [-0.25, -0.2) is 0 Å². The van der Waals surface area contributed by atoms with Gasteiger partial charge in [0.1, 0.15) is 0 Å². The summed E-state index contributed by atoms with van der Waals surface area (Å²) in [6.45, 7) is 12.8. The maximum atomic E-state index is 12.7. The molecular weight excluding hydrogens is 536 g/mol. The van der Waals surface area contributed by atoms with Gasteiger partial charge >= 0.3 is 5.97 Å². The third-order valence-electron chi connectivity index (χ3n) is 12.8. The van der Waals surface area contributed by atoms with E-state index in [1.54, 1.807) is 5.57 Å². The number of ether oxygens (including phenoxy) is 1. The number of carbonyl (C=O) groups is 1. The summed E-state index contributed by atoms with van der Waals surface area (Å²) in [6, 6.07) is 0. The van der Waals surface area contributed by atoms with Crippen LogP contribution in [0.25, 0.3) is 0 Å². The molecule has 2 fully saturated rings. The summed E-state index contributed by atoms with van der Waals surface area (Å²) in [7, 11) is 0. The van der Waals surface area contributed by atoms with Crippen molar-refractivity contribution in [3.05, 3.63) is 11.6 Å². The maximum absolute atomic E-state index is 12.7. The molecule has 256 valence electrons. The summed E-state index contributed by atoms with van der Waals surface area (Å²) in [4.78, 5) is 12.7. The second kappa shape index (κ2) is 20.4. The zero-order valence-corrected chi connectivity index (χ0v) is 30.5. The zero-order valence-electron chi connectivity index (χ0n) is 30.5. The SMILES string of the molecule is CCCCCCCCCCCCCCCCCCCCCC(=O)OC[C@@]1(C)CCC[C@@]2(C)C1CC=C1CC(C(C)C)CC[C@H]12. The van der Waals surface area contributed by atoms with Crippen LogP contribution in [0, 0.1) is 34.5 Å². The van der Waals surface area contributed by atoms with Crippen molar-refractivity contribution in [2.75, 3.05) is 6.61 Å². The Balaban J connectivity index is 1.18. The van der Waals surface area contributed by atoms with Crippen molar-refractivity contribution in [2.24, 2.45) is 34.5 Å². The average molecular weight is 613 g/mol. The van der Waals surface area contributed by atoms with Gasteiger partial charge in [0.2, 0.25) is 0 Å². The zero-order chi connectivity index (χ0) is 31.7. The Morgan fingerprint density at radius 1 is 0.773 bits per heavy atom. The first-order valence-electron chi connectivity index (χ1n) is 20.1. The lowest BCUT2D eigenvalue weighted by Crippen LogP contribution is -2.52. The van der Waals surface area contributed by atoms with E-state index in [1.165, 1.54) is 161 Å². The summed E-state index contributed by atoms with van der Waals surface area (Å²) in [5.41, 5.74) is 2.30. The van der Waals surface area contributed by atoms with Gasteiger partial charge in [-0.05, 0) is 74.0 Å². The van der Waals surface area contributed by atoms with Crippen LogP contribution in [-0.2, 0) is 9.53 Å². The molecule has 0 heterocycles. The van der Waals surface area contributed by atoms with Gasteiger partial charge in [-0.3, -0.25) is 4.79 Å². The molecule has 0 spiro atoms. The molecule has 0 aromatic rings. The molecule has 0 bridgehead atoms. The molecule has 3 aliphatic rings. The third kappa shape index (κ3) is 12.1. The predicted octanol–water partition coefficient (Wildman–Crippen LogP) is 13.6. The number of unbranched alkanes of at least 4 members (excludes halogenated alkanes) is 18. The summed E-state index contributed by atoms with van der Waals surface area (Å²) >= 11 is 0. The quantitative estimate of drug-likeness (QED) is 0.0652. The molecule has 2 unspecified atom stereocenters. The normalized spacial score (nSPS) is 28.4. The Labute approximate surface area is 275 Å². The molecule has 2 saturated carbocycles. The van der Waals surface area contributed by atoms with E-state index in [0.717, 1.165) is 24.2 Å². The van der Waals surface area contributed by atoms with E-state index in [1.807, 2.05) is 0 Å². The van der Waals surface area contributed by atoms with E-state index in [4.69, 9.17) is 4.74 Å². The molecule has 5 atom stereocenters. The van der Waals surface area contributed by atoms with Gasteiger partial charge in [0.15, 0.2) is 0 Å². The number of fused-ring (bicyclic) bond motifs is 3. The second-order valence-electron chi connectivity index (χ2n) is 16.7. The first-order chi connectivity index (χ1) is 21.3. The minimum absolute atomic E-state index is 0.0509. The fourth-order valence-electron chi connectivity index (χ4n) is 9.76. The van der Waals surface area contributed by atoms with Crippen molar-refractivity contribution in [3.8, 4) is 0 Å². The Morgan fingerprint density at radius 3 is 1.82 bits per heavy atom. The Bertz CT molecular complexity index is 813. The maximum Gasteiger partial charge on any atom is 0.305 e. The van der Waals surface area contributed by atoms with Crippen LogP contribution in [0.5, 0.6) is 0 Å². The van der Waals surface area contributed by atoms with E-state index < -0.39 is 0 Å². The second-order valence-corrected chi connectivity index (χ2v) is 16.7. The molecular formula is C42H76O2. The first-order valence-corrected chi connectivity index (χ1v) is 20.1. The van der Waals surface area contributed by atoms with Crippen LogP contribution < -0.4 is 0 Å². The minimum atomic E-state index is 0.0509. The molecule has 2 nitrogen and oxygen atoms in total. The summed E-state index contributed by atoms with van der Waals surface area (Å²) in [5.74, 6) is 3.13. The van der Waals surface area contributed by atoms with Crippen molar-refractivity contribution in [2.45, 2.75) is 208 Å². The lowest BCUT2D eigenvalue weighted by atomic mass is 9.46. The summed E-state index contributed by atoms with van der Waals surface area (Å²) in [5, 5.41) is 0. The number of hydrogen-bond donors (Lipinski definition) is 0. The highest BCUT2D eigenvalue weighted by atomic mass is 16.5. The van der Waals surface area contributed by atoms with Crippen LogP contribution in [0.4, 0.5) is 0 Å². The molecule has 0 aliphatic heterocycles. The molecule has 3 aliphatic carbocycles. The van der Waals surface area contributed by atoms with Crippen molar-refractivity contribution >= 4 is 5.97 Å². The van der Waals surface area contributed by atoms with Crippen LogP contribution in [0.2, 0.25) is 0 Å². The van der Waals surface area contributed by atoms with Crippen LogP contribution in [-0.4, -0.2) is 12.6 Å².